The van der Waals surface area contributed by atoms with E-state index in [9.17, 15) is 0 Å². The maximum absolute atomic E-state index is 4.32. The summed E-state index contributed by atoms with van der Waals surface area (Å²) in [5.41, 5.74) is 0. The number of aromatic nitrogens is 3. The highest BCUT2D eigenvalue weighted by Gasteiger charge is 2.17. The van der Waals surface area contributed by atoms with Crippen LogP contribution in [-0.2, 0) is 6.54 Å². The fraction of sp³-hybridized carbons (Fsp3) is 0.867. The van der Waals surface area contributed by atoms with E-state index in [1.165, 1.54) is 38.8 Å². The molecule has 0 radical (unpaired) electrons. The zero-order valence-corrected chi connectivity index (χ0v) is 13.2. The Balaban J connectivity index is 1.63. The van der Waals surface area contributed by atoms with Crippen LogP contribution in [0.2, 0.25) is 0 Å². The van der Waals surface area contributed by atoms with Crippen molar-refractivity contribution in [1.82, 2.24) is 25.0 Å². The van der Waals surface area contributed by atoms with Gasteiger partial charge in [0.05, 0.1) is 6.54 Å². The first kappa shape index (κ1) is 15.4. The van der Waals surface area contributed by atoms with Crippen LogP contribution < -0.4 is 5.32 Å². The second-order valence-electron chi connectivity index (χ2n) is 6.13. The van der Waals surface area contributed by atoms with Crippen LogP contribution in [-0.4, -0.2) is 45.3 Å². The normalized spacial score (nSPS) is 20.7. The largest absolute Gasteiger partial charge is 0.310 e. The van der Waals surface area contributed by atoms with E-state index in [1.54, 1.807) is 6.33 Å². The van der Waals surface area contributed by atoms with Crippen LogP contribution in [0.5, 0.6) is 0 Å². The van der Waals surface area contributed by atoms with Crippen LogP contribution in [0.25, 0.3) is 0 Å². The summed E-state index contributed by atoms with van der Waals surface area (Å²) in [7, 11) is 0. The number of likely N-dealkylation sites (tertiary alicyclic amines) is 1. The molecule has 1 aromatic rings. The second-order valence-corrected chi connectivity index (χ2v) is 6.13. The molecule has 5 heteroatoms. The molecule has 5 nitrogen and oxygen atoms in total. The summed E-state index contributed by atoms with van der Waals surface area (Å²) in [5.74, 6) is 1.03. The smallest absolute Gasteiger partial charge is 0.141 e. The highest BCUT2D eigenvalue weighted by atomic mass is 15.4. The van der Waals surface area contributed by atoms with Crippen LogP contribution in [0, 0.1) is 0 Å². The van der Waals surface area contributed by atoms with Crippen LogP contribution in [0.4, 0.5) is 0 Å². The fourth-order valence-corrected chi connectivity index (χ4v) is 2.93. The van der Waals surface area contributed by atoms with E-state index in [0.29, 0.717) is 6.04 Å². The van der Waals surface area contributed by atoms with Crippen LogP contribution in [0.3, 0.4) is 0 Å². The number of nitrogens with one attached hydrogen (secondary N) is 1. The van der Waals surface area contributed by atoms with Gasteiger partial charge >= 0.3 is 0 Å². The standard InChI is InChI=1S/C15H29N5/c1-13(2)20-15(17-12-18-20)11-16-8-6-10-19-9-5-4-7-14(19)3/h12-14,16H,4-11H2,1-3H3. The lowest BCUT2D eigenvalue weighted by atomic mass is 10.0. The molecule has 1 aliphatic rings. The number of rotatable bonds is 7. The molecular formula is C15H29N5. The molecule has 1 aromatic heterocycles. The van der Waals surface area contributed by atoms with Gasteiger partial charge < -0.3 is 10.2 Å². The van der Waals surface area contributed by atoms with Gasteiger partial charge in [-0.2, -0.15) is 5.10 Å². The van der Waals surface area contributed by atoms with Crippen molar-refractivity contribution in [1.29, 1.82) is 0 Å². The van der Waals surface area contributed by atoms with Gasteiger partial charge in [-0.15, -0.1) is 0 Å². The Bertz CT molecular complexity index is 387. The van der Waals surface area contributed by atoms with Gasteiger partial charge in [0.15, 0.2) is 0 Å². The molecule has 0 amide bonds. The molecule has 0 aromatic carbocycles. The number of hydrogen-bond acceptors (Lipinski definition) is 4. The maximum Gasteiger partial charge on any atom is 0.141 e. The Hall–Kier alpha value is -0.940. The maximum atomic E-state index is 4.32. The minimum Gasteiger partial charge on any atom is -0.310 e. The zero-order valence-electron chi connectivity index (χ0n) is 13.2. The molecule has 1 aliphatic heterocycles. The van der Waals surface area contributed by atoms with Crippen molar-refractivity contribution in [2.24, 2.45) is 0 Å². The van der Waals surface area contributed by atoms with Crippen molar-refractivity contribution in [3.8, 4) is 0 Å². The van der Waals surface area contributed by atoms with E-state index in [2.05, 4.69) is 41.1 Å². The Morgan fingerprint density at radius 3 is 3.00 bits per heavy atom. The van der Waals surface area contributed by atoms with Crippen molar-refractivity contribution in [3.63, 3.8) is 0 Å². The highest BCUT2D eigenvalue weighted by Crippen LogP contribution is 2.16. The summed E-state index contributed by atoms with van der Waals surface area (Å²) < 4.78 is 1.99. The molecule has 2 rings (SSSR count). The lowest BCUT2D eigenvalue weighted by molar-refractivity contribution is 0.159. The Kier molecular flexibility index (Phi) is 5.98. The first-order chi connectivity index (χ1) is 9.68. The monoisotopic (exact) mass is 279 g/mol. The van der Waals surface area contributed by atoms with Gasteiger partial charge in [-0.3, -0.25) is 0 Å². The Morgan fingerprint density at radius 1 is 1.40 bits per heavy atom. The summed E-state index contributed by atoms with van der Waals surface area (Å²) in [5, 5.41) is 7.74. The molecule has 20 heavy (non-hydrogen) atoms. The number of nitrogens with zero attached hydrogens (tertiary/aromatic N) is 4. The first-order valence-electron chi connectivity index (χ1n) is 8.01. The number of hydrogen-bond donors (Lipinski definition) is 1. The molecule has 0 spiro atoms. The molecule has 1 saturated heterocycles. The molecule has 1 unspecified atom stereocenters. The lowest BCUT2D eigenvalue weighted by Crippen LogP contribution is -2.38. The van der Waals surface area contributed by atoms with Crippen molar-refractivity contribution < 1.29 is 0 Å². The van der Waals surface area contributed by atoms with Crippen molar-refractivity contribution >= 4 is 0 Å². The quantitative estimate of drug-likeness (QED) is 0.777. The third-order valence-electron chi connectivity index (χ3n) is 4.16. The Labute approximate surface area is 122 Å². The molecule has 114 valence electrons. The Morgan fingerprint density at radius 2 is 2.25 bits per heavy atom. The van der Waals surface area contributed by atoms with E-state index in [0.717, 1.165) is 25.0 Å². The van der Waals surface area contributed by atoms with Crippen molar-refractivity contribution in [3.05, 3.63) is 12.2 Å². The molecule has 1 N–H and O–H groups in total. The molecule has 1 fully saturated rings. The van der Waals surface area contributed by atoms with Gasteiger partial charge in [-0.1, -0.05) is 6.42 Å². The zero-order chi connectivity index (χ0) is 14.4. The average molecular weight is 279 g/mol. The predicted molar refractivity (Wildman–Crippen MR) is 81.6 cm³/mol. The van der Waals surface area contributed by atoms with Crippen LogP contribution in [0.15, 0.2) is 6.33 Å². The van der Waals surface area contributed by atoms with Gasteiger partial charge in [-0.05, 0) is 59.7 Å². The van der Waals surface area contributed by atoms with E-state index in [-0.39, 0.29) is 0 Å². The van der Waals surface area contributed by atoms with Crippen LogP contribution >= 0.6 is 0 Å². The van der Waals surface area contributed by atoms with Gasteiger partial charge in [-0.25, -0.2) is 9.67 Å². The van der Waals surface area contributed by atoms with E-state index < -0.39 is 0 Å². The molecule has 0 saturated carbocycles. The van der Waals surface area contributed by atoms with Gasteiger partial charge in [0.25, 0.3) is 0 Å². The SMILES string of the molecule is CC1CCCCN1CCCNCc1ncnn1C(C)C. The van der Waals surface area contributed by atoms with Crippen molar-refractivity contribution in [2.75, 3.05) is 19.6 Å². The highest BCUT2D eigenvalue weighted by molar-refractivity contribution is 4.85. The second kappa shape index (κ2) is 7.74. The fourth-order valence-electron chi connectivity index (χ4n) is 2.93. The van der Waals surface area contributed by atoms with Gasteiger partial charge in [0, 0.05) is 12.1 Å². The average Bonchev–Trinajstić information content (AvgIpc) is 2.89. The third-order valence-corrected chi connectivity index (χ3v) is 4.16. The number of piperidine rings is 1. The van der Waals surface area contributed by atoms with E-state index in [4.69, 9.17) is 0 Å². The summed E-state index contributed by atoms with van der Waals surface area (Å²) in [4.78, 5) is 6.94. The third kappa shape index (κ3) is 4.28. The van der Waals surface area contributed by atoms with Gasteiger partial charge in [0.1, 0.15) is 12.2 Å². The molecule has 2 heterocycles. The minimum absolute atomic E-state index is 0.378. The first-order valence-corrected chi connectivity index (χ1v) is 8.01. The van der Waals surface area contributed by atoms with E-state index in [1.807, 2.05) is 4.68 Å². The summed E-state index contributed by atoms with van der Waals surface area (Å²) >= 11 is 0. The molecule has 1 atom stereocenters. The van der Waals surface area contributed by atoms with Gasteiger partial charge in [0.2, 0.25) is 0 Å². The van der Waals surface area contributed by atoms with E-state index >= 15 is 0 Å². The molecule has 0 aliphatic carbocycles. The molecular weight excluding hydrogens is 250 g/mol. The summed E-state index contributed by atoms with van der Waals surface area (Å²) in [6, 6.07) is 1.15. The predicted octanol–water partition coefficient (Wildman–Crippen LogP) is 2.21. The van der Waals surface area contributed by atoms with Crippen LogP contribution in [0.1, 0.15) is 58.3 Å². The topological polar surface area (TPSA) is 46.0 Å². The summed E-state index contributed by atoms with van der Waals surface area (Å²) in [6.07, 6.45) is 6.99. The molecule has 0 bridgehead atoms. The minimum atomic E-state index is 0.378. The summed E-state index contributed by atoms with van der Waals surface area (Å²) in [6.45, 7) is 11.0. The lowest BCUT2D eigenvalue weighted by Gasteiger charge is -2.33. The van der Waals surface area contributed by atoms with Crippen molar-refractivity contribution in [2.45, 2.75) is 65.1 Å².